The molecule has 1 aromatic heterocycles. The molecule has 0 aliphatic carbocycles. The number of hydrogen-bond donors (Lipinski definition) is 0. The molecule has 0 atom stereocenters. The molecule has 0 amide bonds. The summed E-state index contributed by atoms with van der Waals surface area (Å²) >= 11 is 0. The van der Waals surface area contributed by atoms with Crippen molar-refractivity contribution in [2.24, 2.45) is 0 Å². The van der Waals surface area contributed by atoms with Crippen LogP contribution in [0.1, 0.15) is 26.5 Å². The van der Waals surface area contributed by atoms with E-state index in [1.165, 1.54) is 10.7 Å². The summed E-state index contributed by atoms with van der Waals surface area (Å²) < 4.78 is 1.44. The van der Waals surface area contributed by atoms with Crippen LogP contribution in [0.5, 0.6) is 0 Å². The maximum absolute atomic E-state index is 10.9. The van der Waals surface area contributed by atoms with Crippen molar-refractivity contribution in [3.63, 3.8) is 0 Å². The second kappa shape index (κ2) is 5.52. The molecule has 3 heteroatoms. The maximum Gasteiger partial charge on any atom is 0.266 e. The molecule has 0 unspecified atom stereocenters. The smallest absolute Gasteiger partial charge is 0.266 e. The lowest BCUT2D eigenvalue weighted by Gasteiger charge is -1.98. The molecule has 68 valence electrons. The minimum atomic E-state index is -0.0342. The van der Waals surface area contributed by atoms with E-state index in [1.807, 2.05) is 27.7 Å². The van der Waals surface area contributed by atoms with E-state index in [4.69, 9.17) is 0 Å². The molecule has 1 aromatic rings. The molecule has 0 N–H and O–H groups in total. The number of rotatable bonds is 1. The van der Waals surface area contributed by atoms with Crippen LogP contribution < -0.4 is 5.56 Å². The molecule has 0 fully saturated rings. The molecule has 12 heavy (non-hydrogen) atoms. The molecule has 0 saturated heterocycles. The van der Waals surface area contributed by atoms with Crippen molar-refractivity contribution < 1.29 is 0 Å². The number of hydrogen-bond acceptors (Lipinski definition) is 2. The highest BCUT2D eigenvalue weighted by molar-refractivity contribution is 4.96. The van der Waals surface area contributed by atoms with Gasteiger partial charge in [-0.05, 0) is 19.9 Å². The highest BCUT2D eigenvalue weighted by Crippen LogP contribution is 1.84. The van der Waals surface area contributed by atoms with E-state index in [0.717, 1.165) is 5.69 Å². The van der Waals surface area contributed by atoms with E-state index in [2.05, 4.69) is 5.10 Å². The summed E-state index contributed by atoms with van der Waals surface area (Å²) in [6, 6.07) is 3.25. The van der Waals surface area contributed by atoms with Gasteiger partial charge in [-0.2, -0.15) is 5.10 Å². The summed E-state index contributed by atoms with van der Waals surface area (Å²) in [4.78, 5) is 10.9. The highest BCUT2D eigenvalue weighted by atomic mass is 16.1. The Kier molecular flexibility index (Phi) is 5.00. The monoisotopic (exact) mass is 168 g/mol. The van der Waals surface area contributed by atoms with Gasteiger partial charge >= 0.3 is 0 Å². The van der Waals surface area contributed by atoms with Gasteiger partial charge in [0.15, 0.2) is 0 Å². The summed E-state index contributed by atoms with van der Waals surface area (Å²) in [7, 11) is 0. The van der Waals surface area contributed by atoms with E-state index in [-0.39, 0.29) is 5.56 Å². The Morgan fingerprint density at radius 1 is 1.42 bits per heavy atom. The van der Waals surface area contributed by atoms with Crippen molar-refractivity contribution in [2.75, 3.05) is 0 Å². The maximum atomic E-state index is 10.9. The van der Waals surface area contributed by atoms with Gasteiger partial charge in [0, 0.05) is 12.6 Å². The second-order valence-electron chi connectivity index (χ2n) is 2.13. The zero-order chi connectivity index (χ0) is 9.56. The van der Waals surface area contributed by atoms with Gasteiger partial charge < -0.3 is 0 Å². The largest absolute Gasteiger partial charge is 0.268 e. The molecule has 0 saturated carbocycles. The fraction of sp³-hybridized carbons (Fsp3) is 0.556. The molecule has 0 radical (unpaired) electrons. The van der Waals surface area contributed by atoms with Crippen LogP contribution in [-0.4, -0.2) is 9.78 Å². The number of nitrogens with zero attached hydrogens (tertiary/aromatic N) is 2. The fourth-order valence-corrected chi connectivity index (χ4v) is 0.777. The van der Waals surface area contributed by atoms with Crippen molar-refractivity contribution in [3.8, 4) is 0 Å². The van der Waals surface area contributed by atoms with Gasteiger partial charge in [0.2, 0.25) is 0 Å². The van der Waals surface area contributed by atoms with Crippen molar-refractivity contribution >= 4 is 0 Å². The summed E-state index contributed by atoms with van der Waals surface area (Å²) in [5.74, 6) is 0. The van der Waals surface area contributed by atoms with E-state index in [9.17, 15) is 4.79 Å². The molecule has 0 spiro atoms. The van der Waals surface area contributed by atoms with Crippen molar-refractivity contribution in [3.05, 3.63) is 28.2 Å². The van der Waals surface area contributed by atoms with E-state index < -0.39 is 0 Å². The topological polar surface area (TPSA) is 34.9 Å². The van der Waals surface area contributed by atoms with Gasteiger partial charge in [-0.25, -0.2) is 4.68 Å². The molecule has 0 aliphatic rings. The molecule has 0 bridgehead atoms. The minimum Gasteiger partial charge on any atom is -0.268 e. The number of aromatic nitrogens is 2. The van der Waals surface area contributed by atoms with Crippen LogP contribution in [-0.2, 0) is 6.54 Å². The van der Waals surface area contributed by atoms with E-state index >= 15 is 0 Å². The first kappa shape index (κ1) is 10.9. The van der Waals surface area contributed by atoms with Crippen molar-refractivity contribution in [1.29, 1.82) is 0 Å². The summed E-state index contributed by atoms with van der Waals surface area (Å²) in [5, 5.41) is 4.00. The van der Waals surface area contributed by atoms with Crippen molar-refractivity contribution in [1.82, 2.24) is 9.78 Å². The predicted octanol–water partition coefficient (Wildman–Crippen LogP) is 1.60. The number of aryl methyl sites for hydroxylation is 2. The first-order chi connectivity index (χ1) is 5.74. The van der Waals surface area contributed by atoms with Crippen LogP contribution in [0.15, 0.2) is 16.9 Å². The second-order valence-corrected chi connectivity index (χ2v) is 2.13. The lowest BCUT2D eigenvalue weighted by molar-refractivity contribution is 0.606. The van der Waals surface area contributed by atoms with Crippen LogP contribution >= 0.6 is 0 Å². The SMILES string of the molecule is CC.CCn1nc(C)ccc1=O. The quantitative estimate of drug-likeness (QED) is 0.638. The van der Waals surface area contributed by atoms with Crippen LogP contribution in [0.25, 0.3) is 0 Å². The van der Waals surface area contributed by atoms with Gasteiger partial charge in [-0.15, -0.1) is 0 Å². The normalized spacial score (nSPS) is 8.67. The zero-order valence-electron chi connectivity index (χ0n) is 8.16. The Balaban J connectivity index is 0.000000561. The Bertz CT molecular complexity index is 278. The third kappa shape index (κ3) is 2.86. The standard InChI is InChI=1S/C7H10N2O.C2H6/c1-3-9-7(10)5-4-6(2)8-9;1-2/h4-5H,3H2,1-2H3;1-2H3. The Hall–Kier alpha value is -1.12. The van der Waals surface area contributed by atoms with Crippen LogP contribution in [0.2, 0.25) is 0 Å². The molecule has 0 aromatic carbocycles. The van der Waals surface area contributed by atoms with Gasteiger partial charge in [0.05, 0.1) is 5.69 Å². The summed E-state index contributed by atoms with van der Waals surface area (Å²) in [6.45, 7) is 8.40. The Morgan fingerprint density at radius 2 is 2.00 bits per heavy atom. The van der Waals surface area contributed by atoms with Crippen LogP contribution in [0.4, 0.5) is 0 Å². The third-order valence-corrected chi connectivity index (χ3v) is 1.30. The lowest BCUT2D eigenvalue weighted by atomic mass is 10.4. The molecule has 1 rings (SSSR count). The Morgan fingerprint density at radius 3 is 2.42 bits per heavy atom. The van der Waals surface area contributed by atoms with Crippen LogP contribution in [0.3, 0.4) is 0 Å². The third-order valence-electron chi connectivity index (χ3n) is 1.30. The lowest BCUT2D eigenvalue weighted by Crippen LogP contribution is -2.21. The van der Waals surface area contributed by atoms with Gasteiger partial charge in [0.1, 0.15) is 0 Å². The van der Waals surface area contributed by atoms with E-state index in [0.29, 0.717) is 6.54 Å². The Labute approximate surface area is 73.0 Å². The molecular weight excluding hydrogens is 152 g/mol. The first-order valence-electron chi connectivity index (χ1n) is 4.29. The zero-order valence-corrected chi connectivity index (χ0v) is 8.16. The first-order valence-corrected chi connectivity index (χ1v) is 4.29. The predicted molar refractivity (Wildman–Crippen MR) is 50.3 cm³/mol. The molecule has 3 nitrogen and oxygen atoms in total. The van der Waals surface area contributed by atoms with Gasteiger partial charge in [-0.3, -0.25) is 4.79 Å². The van der Waals surface area contributed by atoms with Crippen LogP contribution in [0, 0.1) is 6.92 Å². The average molecular weight is 168 g/mol. The molecule has 0 aliphatic heterocycles. The highest BCUT2D eigenvalue weighted by Gasteiger charge is 1.91. The van der Waals surface area contributed by atoms with E-state index in [1.54, 1.807) is 6.07 Å². The minimum absolute atomic E-state index is 0.0342. The average Bonchev–Trinajstić information content (AvgIpc) is 2.13. The molecular formula is C9H16N2O. The van der Waals surface area contributed by atoms with Crippen molar-refractivity contribution in [2.45, 2.75) is 34.2 Å². The summed E-state index contributed by atoms with van der Waals surface area (Å²) in [6.07, 6.45) is 0. The fourth-order valence-electron chi connectivity index (χ4n) is 0.777. The molecule has 1 heterocycles. The summed E-state index contributed by atoms with van der Waals surface area (Å²) in [5.41, 5.74) is 0.842. The van der Waals surface area contributed by atoms with Gasteiger partial charge in [-0.1, -0.05) is 13.8 Å². The van der Waals surface area contributed by atoms with Gasteiger partial charge in [0.25, 0.3) is 5.56 Å².